The van der Waals surface area contributed by atoms with Gasteiger partial charge in [0.25, 0.3) is 0 Å². The highest BCUT2D eigenvalue weighted by Gasteiger charge is 2.13. The first-order valence-corrected chi connectivity index (χ1v) is 5.75. The number of hydrogen-bond acceptors (Lipinski definition) is 5. The summed E-state index contributed by atoms with van der Waals surface area (Å²) in [6.45, 7) is 4.26. The fourth-order valence-corrected chi connectivity index (χ4v) is 1.74. The highest BCUT2D eigenvalue weighted by molar-refractivity contribution is 5.74. The molecule has 0 bridgehead atoms. The lowest BCUT2D eigenvalue weighted by atomic mass is 10.00. The van der Waals surface area contributed by atoms with Crippen LogP contribution < -0.4 is 10.5 Å². The molecule has 1 aromatic heterocycles. The number of aromatic nitrogens is 3. The number of hydrogen-bond donors (Lipinski definition) is 1. The lowest BCUT2D eigenvalue weighted by molar-refractivity contribution is 0.415. The van der Waals surface area contributed by atoms with Gasteiger partial charge in [-0.2, -0.15) is 0 Å². The van der Waals surface area contributed by atoms with Crippen molar-refractivity contribution in [3.05, 3.63) is 30.1 Å². The van der Waals surface area contributed by atoms with Crippen LogP contribution in [0.15, 0.2) is 24.5 Å². The molecule has 0 spiro atoms. The lowest BCUT2D eigenvalue weighted by Crippen LogP contribution is -2.00. The van der Waals surface area contributed by atoms with Crippen LogP contribution in [-0.4, -0.2) is 22.3 Å². The minimum absolute atomic E-state index is 0.348. The van der Waals surface area contributed by atoms with E-state index in [9.17, 15) is 0 Å². The van der Waals surface area contributed by atoms with Crippen LogP contribution in [0, 0.1) is 0 Å². The Morgan fingerprint density at radius 2 is 2.06 bits per heavy atom. The highest BCUT2D eigenvalue weighted by atomic mass is 16.5. The predicted octanol–water partition coefficient (Wildman–Crippen LogP) is 2.25. The molecule has 0 fully saturated rings. The summed E-state index contributed by atoms with van der Waals surface area (Å²) in [6, 6.07) is 5.97. The third-order valence-corrected chi connectivity index (χ3v) is 2.80. The van der Waals surface area contributed by atoms with E-state index in [0.717, 1.165) is 11.3 Å². The van der Waals surface area contributed by atoms with Crippen LogP contribution in [0.5, 0.6) is 5.75 Å². The van der Waals surface area contributed by atoms with Gasteiger partial charge in [-0.05, 0) is 23.6 Å². The summed E-state index contributed by atoms with van der Waals surface area (Å²) in [4.78, 5) is 3.94. The third-order valence-electron chi connectivity index (χ3n) is 2.80. The Kier molecular flexibility index (Phi) is 3.41. The minimum atomic E-state index is 0.348. The summed E-state index contributed by atoms with van der Waals surface area (Å²) in [5.41, 5.74) is 8.36. The third kappa shape index (κ3) is 2.25. The molecule has 0 atom stereocenters. The summed E-state index contributed by atoms with van der Waals surface area (Å²) in [5.74, 6) is 1.51. The zero-order chi connectivity index (χ0) is 13.1. The van der Waals surface area contributed by atoms with Crippen LogP contribution in [0.2, 0.25) is 0 Å². The van der Waals surface area contributed by atoms with Gasteiger partial charge in [0.2, 0.25) is 0 Å². The van der Waals surface area contributed by atoms with E-state index in [1.54, 1.807) is 7.11 Å². The minimum Gasteiger partial charge on any atom is -0.496 e. The number of ether oxygens (including phenoxy) is 1. The average molecular weight is 244 g/mol. The Hall–Kier alpha value is -2.17. The Bertz CT molecular complexity index is 554. The van der Waals surface area contributed by atoms with E-state index in [4.69, 9.17) is 10.5 Å². The molecule has 0 unspecified atom stereocenters. The molecule has 2 rings (SSSR count). The van der Waals surface area contributed by atoms with Crippen molar-refractivity contribution in [1.82, 2.24) is 15.2 Å². The number of anilines is 1. The number of nitrogen functional groups attached to an aromatic ring is 1. The maximum Gasteiger partial charge on any atom is 0.153 e. The number of nitrogens with zero attached hydrogens (tertiary/aromatic N) is 3. The highest BCUT2D eigenvalue weighted by Crippen LogP contribution is 2.33. The second kappa shape index (κ2) is 5.00. The topological polar surface area (TPSA) is 73.9 Å². The molecule has 0 amide bonds. The summed E-state index contributed by atoms with van der Waals surface area (Å²) in [7, 11) is 1.63. The molecule has 2 N–H and O–H groups in total. The molecular weight excluding hydrogens is 228 g/mol. The van der Waals surface area contributed by atoms with E-state index in [1.807, 2.05) is 18.2 Å². The number of benzene rings is 1. The van der Waals surface area contributed by atoms with Crippen molar-refractivity contribution in [3.63, 3.8) is 0 Å². The molecule has 2 aromatic rings. The van der Waals surface area contributed by atoms with Gasteiger partial charge in [0, 0.05) is 5.56 Å². The van der Waals surface area contributed by atoms with E-state index in [2.05, 4.69) is 29.0 Å². The van der Waals surface area contributed by atoms with Gasteiger partial charge in [0.1, 0.15) is 17.8 Å². The fourth-order valence-electron chi connectivity index (χ4n) is 1.74. The smallest absolute Gasteiger partial charge is 0.153 e. The van der Waals surface area contributed by atoms with Crippen LogP contribution in [-0.2, 0) is 0 Å². The predicted molar refractivity (Wildman–Crippen MR) is 70.3 cm³/mol. The van der Waals surface area contributed by atoms with Gasteiger partial charge in [0.15, 0.2) is 5.82 Å². The van der Waals surface area contributed by atoms with Gasteiger partial charge in [-0.1, -0.05) is 19.9 Å². The molecule has 5 nitrogen and oxygen atoms in total. The summed E-state index contributed by atoms with van der Waals surface area (Å²) < 4.78 is 5.39. The van der Waals surface area contributed by atoms with Crippen LogP contribution >= 0.6 is 0 Å². The van der Waals surface area contributed by atoms with E-state index >= 15 is 0 Å². The molecule has 5 heteroatoms. The van der Waals surface area contributed by atoms with Crippen molar-refractivity contribution in [2.45, 2.75) is 19.8 Å². The van der Waals surface area contributed by atoms with Gasteiger partial charge in [-0.3, -0.25) is 0 Å². The molecule has 0 aliphatic carbocycles. The number of rotatable bonds is 3. The second-order valence-electron chi connectivity index (χ2n) is 4.31. The van der Waals surface area contributed by atoms with Gasteiger partial charge >= 0.3 is 0 Å². The lowest BCUT2D eigenvalue weighted by Gasteiger charge is -2.12. The molecule has 0 aliphatic heterocycles. The monoisotopic (exact) mass is 244 g/mol. The summed E-state index contributed by atoms with van der Waals surface area (Å²) in [6.07, 6.45) is 1.33. The van der Waals surface area contributed by atoms with Gasteiger partial charge in [-0.25, -0.2) is 4.98 Å². The number of methoxy groups -OCH3 is 1. The van der Waals surface area contributed by atoms with Crippen molar-refractivity contribution >= 4 is 5.82 Å². The maximum atomic E-state index is 5.80. The molecule has 0 saturated carbocycles. The normalized spacial score (nSPS) is 10.7. The maximum absolute atomic E-state index is 5.80. The SMILES string of the molecule is COc1cc(C(C)C)ccc1-c1nncnc1N. The largest absolute Gasteiger partial charge is 0.496 e. The fraction of sp³-hybridized carbons (Fsp3) is 0.308. The first kappa shape index (κ1) is 12.3. The van der Waals surface area contributed by atoms with Crippen molar-refractivity contribution in [2.75, 3.05) is 12.8 Å². The molecule has 18 heavy (non-hydrogen) atoms. The molecular formula is C13H16N4O. The summed E-state index contributed by atoms with van der Waals surface area (Å²) in [5, 5.41) is 7.77. The zero-order valence-corrected chi connectivity index (χ0v) is 10.7. The van der Waals surface area contributed by atoms with Crippen LogP contribution in [0.4, 0.5) is 5.82 Å². The van der Waals surface area contributed by atoms with E-state index in [0.29, 0.717) is 17.4 Å². The van der Waals surface area contributed by atoms with Crippen LogP contribution in [0.1, 0.15) is 25.3 Å². The van der Waals surface area contributed by atoms with Crippen LogP contribution in [0.3, 0.4) is 0 Å². The van der Waals surface area contributed by atoms with Crippen molar-refractivity contribution in [2.24, 2.45) is 0 Å². The Morgan fingerprint density at radius 1 is 1.28 bits per heavy atom. The standard InChI is InChI=1S/C13H16N4O/c1-8(2)9-4-5-10(11(6-9)18-3)12-13(14)15-7-16-17-12/h4-8H,1-3H3,(H2,14,15,16). The van der Waals surface area contributed by atoms with E-state index in [-0.39, 0.29) is 0 Å². The van der Waals surface area contributed by atoms with Crippen molar-refractivity contribution in [1.29, 1.82) is 0 Å². The Labute approximate surface area is 106 Å². The van der Waals surface area contributed by atoms with E-state index in [1.165, 1.54) is 11.9 Å². The molecule has 0 saturated heterocycles. The van der Waals surface area contributed by atoms with Crippen molar-refractivity contribution < 1.29 is 4.74 Å². The van der Waals surface area contributed by atoms with Gasteiger partial charge < -0.3 is 10.5 Å². The van der Waals surface area contributed by atoms with E-state index < -0.39 is 0 Å². The number of nitrogens with two attached hydrogens (primary N) is 1. The first-order chi connectivity index (χ1) is 8.63. The quantitative estimate of drug-likeness (QED) is 0.896. The first-order valence-electron chi connectivity index (χ1n) is 5.75. The molecule has 0 radical (unpaired) electrons. The van der Waals surface area contributed by atoms with Crippen LogP contribution in [0.25, 0.3) is 11.3 Å². The molecule has 1 aromatic carbocycles. The summed E-state index contributed by atoms with van der Waals surface area (Å²) >= 11 is 0. The van der Waals surface area contributed by atoms with Crippen molar-refractivity contribution in [3.8, 4) is 17.0 Å². The molecule has 0 aliphatic rings. The molecule has 94 valence electrons. The zero-order valence-electron chi connectivity index (χ0n) is 10.7. The van der Waals surface area contributed by atoms with Gasteiger partial charge in [-0.15, -0.1) is 10.2 Å². The molecule has 1 heterocycles. The Morgan fingerprint density at radius 3 is 2.67 bits per heavy atom. The van der Waals surface area contributed by atoms with Gasteiger partial charge in [0.05, 0.1) is 7.11 Å². The average Bonchev–Trinajstić information content (AvgIpc) is 2.38. The Balaban J connectivity index is 2.55. The second-order valence-corrected chi connectivity index (χ2v) is 4.31.